The first-order valence-electron chi connectivity index (χ1n) is 8.14. The third-order valence-electron chi connectivity index (χ3n) is 4.12. The normalized spacial score (nSPS) is 15.8. The fraction of sp³-hybridized carbons (Fsp3) is 0.333. The molecule has 0 spiro atoms. The first kappa shape index (κ1) is 17.2. The van der Waals surface area contributed by atoms with Gasteiger partial charge in [0.2, 0.25) is 0 Å². The van der Waals surface area contributed by atoms with Crippen molar-refractivity contribution in [3.8, 4) is 0 Å². The van der Waals surface area contributed by atoms with Crippen LogP contribution >= 0.6 is 22.6 Å². The van der Waals surface area contributed by atoms with Crippen LogP contribution in [-0.2, 0) is 6.54 Å². The van der Waals surface area contributed by atoms with E-state index < -0.39 is 0 Å². The van der Waals surface area contributed by atoms with Gasteiger partial charge in [0, 0.05) is 48.7 Å². The molecule has 3 rings (SSSR count). The number of aromatic nitrogens is 1. The summed E-state index contributed by atoms with van der Waals surface area (Å²) in [5.74, 6) is 0. The molecule has 0 atom stereocenters. The van der Waals surface area contributed by atoms with Crippen LogP contribution in [0.15, 0.2) is 48.8 Å². The molecule has 24 heavy (non-hydrogen) atoms. The highest BCUT2D eigenvalue weighted by Gasteiger charge is 2.19. The van der Waals surface area contributed by atoms with Crippen LogP contribution in [0.25, 0.3) is 0 Å². The number of hydrogen-bond acceptors (Lipinski definition) is 3. The molecule has 1 aliphatic rings. The number of pyridine rings is 1. The Bertz CT molecular complexity index is 680. The van der Waals surface area contributed by atoms with Crippen LogP contribution in [0, 0.1) is 3.57 Å². The summed E-state index contributed by atoms with van der Waals surface area (Å²) in [6, 6.07) is 11.9. The Hall–Kier alpha value is -1.67. The molecule has 0 bridgehead atoms. The summed E-state index contributed by atoms with van der Waals surface area (Å²) >= 11 is 2.24. The minimum absolute atomic E-state index is 0.0117. The molecule has 1 saturated heterocycles. The molecule has 2 amide bonds. The van der Waals surface area contributed by atoms with E-state index in [1.54, 1.807) is 6.20 Å². The van der Waals surface area contributed by atoms with E-state index in [0.717, 1.165) is 48.4 Å². The number of carbonyl (C=O) groups is 1. The highest BCUT2D eigenvalue weighted by molar-refractivity contribution is 14.1. The quantitative estimate of drug-likeness (QED) is 0.751. The largest absolute Gasteiger partial charge is 0.323 e. The van der Waals surface area contributed by atoms with Gasteiger partial charge in [0.05, 0.1) is 5.69 Å². The fourth-order valence-corrected chi connectivity index (χ4v) is 3.36. The Balaban J connectivity index is 1.55. The summed E-state index contributed by atoms with van der Waals surface area (Å²) in [4.78, 5) is 21.0. The molecule has 126 valence electrons. The van der Waals surface area contributed by atoms with Gasteiger partial charge in [0.25, 0.3) is 0 Å². The maximum Gasteiger partial charge on any atom is 0.321 e. The monoisotopic (exact) mass is 436 g/mol. The number of para-hydroxylation sites is 1. The van der Waals surface area contributed by atoms with E-state index in [-0.39, 0.29) is 6.03 Å². The lowest BCUT2D eigenvalue weighted by Crippen LogP contribution is -2.38. The minimum Gasteiger partial charge on any atom is -0.323 e. The fourth-order valence-electron chi connectivity index (χ4n) is 2.84. The van der Waals surface area contributed by atoms with E-state index in [2.05, 4.69) is 43.9 Å². The molecule has 1 fully saturated rings. The second-order valence-electron chi connectivity index (χ2n) is 5.89. The number of carbonyl (C=O) groups excluding carboxylic acids is 1. The summed E-state index contributed by atoms with van der Waals surface area (Å²) < 4.78 is 1.05. The van der Waals surface area contributed by atoms with Crippen molar-refractivity contribution in [3.63, 3.8) is 0 Å². The van der Waals surface area contributed by atoms with Crippen LogP contribution in [0.5, 0.6) is 0 Å². The molecule has 1 aliphatic heterocycles. The van der Waals surface area contributed by atoms with Crippen LogP contribution in [0.4, 0.5) is 10.5 Å². The van der Waals surface area contributed by atoms with E-state index in [4.69, 9.17) is 0 Å². The summed E-state index contributed by atoms with van der Waals surface area (Å²) in [7, 11) is 0. The Kier molecular flexibility index (Phi) is 6.03. The molecule has 2 heterocycles. The molecular formula is C18H21IN4O. The highest BCUT2D eigenvalue weighted by Crippen LogP contribution is 2.18. The number of amides is 2. The lowest BCUT2D eigenvalue weighted by Gasteiger charge is -2.22. The first-order valence-corrected chi connectivity index (χ1v) is 9.22. The molecular weight excluding hydrogens is 415 g/mol. The molecule has 0 radical (unpaired) electrons. The third-order valence-corrected chi connectivity index (χ3v) is 5.06. The molecule has 1 aromatic heterocycles. The van der Waals surface area contributed by atoms with Gasteiger partial charge in [-0.05, 0) is 52.8 Å². The summed E-state index contributed by atoms with van der Waals surface area (Å²) in [5.41, 5.74) is 2.09. The average molecular weight is 436 g/mol. The molecule has 1 N–H and O–H groups in total. The van der Waals surface area contributed by atoms with Crippen molar-refractivity contribution in [1.29, 1.82) is 0 Å². The molecule has 0 saturated carbocycles. The number of anilines is 1. The topological polar surface area (TPSA) is 48.5 Å². The lowest BCUT2D eigenvalue weighted by atomic mass is 10.2. The molecule has 6 heteroatoms. The maximum absolute atomic E-state index is 12.5. The van der Waals surface area contributed by atoms with Crippen molar-refractivity contribution in [2.75, 3.05) is 31.5 Å². The van der Waals surface area contributed by atoms with E-state index >= 15 is 0 Å². The number of hydrogen-bond donors (Lipinski definition) is 1. The predicted molar refractivity (Wildman–Crippen MR) is 104 cm³/mol. The zero-order chi connectivity index (χ0) is 16.8. The number of rotatable bonds is 3. The Morgan fingerprint density at radius 2 is 2.00 bits per heavy atom. The summed E-state index contributed by atoms with van der Waals surface area (Å²) in [6.45, 7) is 4.31. The molecule has 2 aromatic rings. The van der Waals surface area contributed by atoms with Crippen LogP contribution in [0.1, 0.15) is 12.0 Å². The molecule has 0 aliphatic carbocycles. The van der Waals surface area contributed by atoms with Gasteiger partial charge in [-0.2, -0.15) is 0 Å². The smallest absolute Gasteiger partial charge is 0.321 e. The van der Waals surface area contributed by atoms with Gasteiger partial charge in [-0.1, -0.05) is 18.2 Å². The zero-order valence-corrected chi connectivity index (χ0v) is 15.6. The van der Waals surface area contributed by atoms with E-state index in [0.29, 0.717) is 0 Å². The number of nitrogens with zero attached hydrogens (tertiary/aromatic N) is 3. The van der Waals surface area contributed by atoms with Crippen LogP contribution in [-0.4, -0.2) is 47.0 Å². The van der Waals surface area contributed by atoms with Crippen molar-refractivity contribution < 1.29 is 4.79 Å². The van der Waals surface area contributed by atoms with Crippen LogP contribution in [0.2, 0.25) is 0 Å². The number of halogens is 1. The Labute approximate surface area is 156 Å². The van der Waals surface area contributed by atoms with Crippen LogP contribution in [0.3, 0.4) is 0 Å². The van der Waals surface area contributed by atoms with Gasteiger partial charge in [-0.15, -0.1) is 0 Å². The van der Waals surface area contributed by atoms with Gasteiger partial charge in [0.15, 0.2) is 0 Å². The standard InChI is InChI=1S/C18H21IN4O/c19-16-6-1-2-7-17(16)21-18(24)23-10-4-9-22(11-12-23)14-15-5-3-8-20-13-15/h1-3,5-8,13H,4,9-12,14H2,(H,21,24). The highest BCUT2D eigenvalue weighted by atomic mass is 127. The van der Waals surface area contributed by atoms with Gasteiger partial charge in [-0.25, -0.2) is 4.79 Å². The number of nitrogens with one attached hydrogen (secondary N) is 1. The van der Waals surface area contributed by atoms with E-state index in [9.17, 15) is 4.79 Å². The number of benzene rings is 1. The lowest BCUT2D eigenvalue weighted by molar-refractivity contribution is 0.211. The SMILES string of the molecule is O=C(Nc1ccccc1I)N1CCCN(Cc2cccnc2)CC1. The maximum atomic E-state index is 12.5. The van der Waals surface area contributed by atoms with Gasteiger partial charge >= 0.3 is 6.03 Å². The zero-order valence-electron chi connectivity index (χ0n) is 13.5. The van der Waals surface area contributed by atoms with Crippen molar-refractivity contribution in [1.82, 2.24) is 14.8 Å². The summed E-state index contributed by atoms with van der Waals surface area (Å²) in [5, 5.41) is 3.02. The Morgan fingerprint density at radius 3 is 2.79 bits per heavy atom. The van der Waals surface area contributed by atoms with Crippen LogP contribution < -0.4 is 5.32 Å². The van der Waals surface area contributed by atoms with Crippen molar-refractivity contribution in [2.45, 2.75) is 13.0 Å². The summed E-state index contributed by atoms with van der Waals surface area (Å²) in [6.07, 6.45) is 4.69. The van der Waals surface area contributed by atoms with E-state index in [1.165, 1.54) is 5.56 Å². The van der Waals surface area contributed by atoms with E-state index in [1.807, 2.05) is 41.4 Å². The second kappa shape index (κ2) is 8.43. The van der Waals surface area contributed by atoms with Gasteiger partial charge < -0.3 is 10.2 Å². The first-order chi connectivity index (χ1) is 11.7. The predicted octanol–water partition coefficient (Wildman–Crippen LogP) is 3.43. The Morgan fingerprint density at radius 1 is 1.12 bits per heavy atom. The molecule has 5 nitrogen and oxygen atoms in total. The second-order valence-corrected chi connectivity index (χ2v) is 7.05. The third kappa shape index (κ3) is 4.67. The average Bonchev–Trinajstić information content (AvgIpc) is 2.83. The van der Waals surface area contributed by atoms with Gasteiger partial charge in [0.1, 0.15) is 0 Å². The number of urea groups is 1. The van der Waals surface area contributed by atoms with Crippen molar-refractivity contribution in [2.24, 2.45) is 0 Å². The van der Waals surface area contributed by atoms with Gasteiger partial charge in [-0.3, -0.25) is 9.88 Å². The molecule has 0 unspecified atom stereocenters. The molecule has 1 aromatic carbocycles. The minimum atomic E-state index is -0.0117. The van der Waals surface area contributed by atoms with Crippen molar-refractivity contribution in [3.05, 3.63) is 57.9 Å². The van der Waals surface area contributed by atoms with Crippen molar-refractivity contribution >= 4 is 34.3 Å².